The lowest BCUT2D eigenvalue weighted by Gasteiger charge is -2.19. The van der Waals surface area contributed by atoms with Crippen molar-refractivity contribution >= 4 is 54.5 Å². The van der Waals surface area contributed by atoms with Crippen molar-refractivity contribution in [3.05, 3.63) is 170 Å². The third kappa shape index (κ3) is 4.00. The van der Waals surface area contributed by atoms with Gasteiger partial charge in [-0.1, -0.05) is 140 Å². The fourth-order valence-corrected chi connectivity index (χ4v) is 7.62. The van der Waals surface area contributed by atoms with E-state index in [4.69, 9.17) is 8.83 Å². The topological polar surface area (TPSA) is 26.3 Å². The summed E-state index contributed by atoms with van der Waals surface area (Å²) in [4.78, 5) is 0. The number of benzene rings is 8. The van der Waals surface area contributed by atoms with Crippen molar-refractivity contribution < 1.29 is 8.83 Å². The van der Waals surface area contributed by atoms with Gasteiger partial charge < -0.3 is 8.83 Å². The minimum Gasteiger partial charge on any atom is -0.460 e. The Kier molecular flexibility index (Phi) is 5.91. The Morgan fingerprint density at radius 2 is 0.833 bits per heavy atom. The maximum absolute atomic E-state index is 6.67. The molecule has 0 saturated carbocycles. The molecule has 0 fully saturated rings. The van der Waals surface area contributed by atoms with Crippen LogP contribution in [-0.4, -0.2) is 0 Å². The average molecular weight is 613 g/mol. The minimum atomic E-state index is 0.779. The van der Waals surface area contributed by atoms with E-state index in [-0.39, 0.29) is 0 Å². The van der Waals surface area contributed by atoms with Crippen LogP contribution in [0.3, 0.4) is 0 Å². The lowest BCUT2D eigenvalue weighted by Crippen LogP contribution is -1.92. The SMILES string of the molecule is c1ccc(-c2ccccc2-c2c3ccccc3c(-c3ccc4c(c3)oc3c4ccc4c(-c5ccccc5)coc43)c3ccccc23)cc1. The molecule has 0 aliphatic carbocycles. The second-order valence-corrected chi connectivity index (χ2v) is 12.4. The van der Waals surface area contributed by atoms with E-state index in [0.29, 0.717) is 0 Å². The van der Waals surface area contributed by atoms with Crippen LogP contribution in [0.25, 0.3) is 99.0 Å². The lowest BCUT2D eigenvalue weighted by molar-refractivity contribution is 0.600. The third-order valence-electron chi connectivity index (χ3n) is 9.77. The van der Waals surface area contributed by atoms with Crippen LogP contribution in [-0.2, 0) is 0 Å². The Bertz CT molecular complexity index is 2760. The van der Waals surface area contributed by atoms with Crippen LogP contribution in [0.2, 0.25) is 0 Å². The van der Waals surface area contributed by atoms with Gasteiger partial charge in [0.15, 0.2) is 11.2 Å². The summed E-state index contributed by atoms with van der Waals surface area (Å²) in [5, 5.41) is 8.07. The van der Waals surface area contributed by atoms with E-state index >= 15 is 0 Å². The molecule has 0 bridgehead atoms. The fraction of sp³-hybridized carbons (Fsp3) is 0. The molecule has 10 aromatic rings. The van der Waals surface area contributed by atoms with Gasteiger partial charge in [0, 0.05) is 21.7 Å². The Morgan fingerprint density at radius 3 is 1.50 bits per heavy atom. The van der Waals surface area contributed by atoms with E-state index < -0.39 is 0 Å². The standard InChI is InChI=1S/C46H28O2/c1-3-13-29(14-4-1)32-17-7-8-18-34(32)44-37-21-11-9-19-35(37)43(36-20-10-12-22-38(36)44)31-23-24-33-39-25-26-40-41(30-15-5-2-6-16-30)28-47-45(40)46(39)48-42(33)27-31/h1-28H. The van der Waals surface area contributed by atoms with Crippen molar-refractivity contribution in [2.24, 2.45) is 0 Å². The minimum absolute atomic E-state index is 0.779. The highest BCUT2D eigenvalue weighted by atomic mass is 16.4. The lowest BCUT2D eigenvalue weighted by atomic mass is 9.84. The van der Waals surface area contributed by atoms with Crippen LogP contribution in [0.5, 0.6) is 0 Å². The summed E-state index contributed by atoms with van der Waals surface area (Å²) in [7, 11) is 0. The van der Waals surface area contributed by atoms with Crippen molar-refractivity contribution in [3.8, 4) is 44.5 Å². The van der Waals surface area contributed by atoms with Gasteiger partial charge in [0.1, 0.15) is 5.58 Å². The van der Waals surface area contributed by atoms with Gasteiger partial charge in [0.05, 0.1) is 6.26 Å². The molecular formula is C46H28O2. The first-order valence-electron chi connectivity index (χ1n) is 16.3. The van der Waals surface area contributed by atoms with Crippen LogP contribution in [0.4, 0.5) is 0 Å². The normalized spacial score (nSPS) is 11.8. The Labute approximate surface area is 277 Å². The zero-order chi connectivity index (χ0) is 31.6. The predicted molar refractivity (Wildman–Crippen MR) is 200 cm³/mol. The molecule has 0 atom stereocenters. The first-order valence-corrected chi connectivity index (χ1v) is 16.3. The molecule has 0 saturated heterocycles. The summed E-state index contributed by atoms with van der Waals surface area (Å²) < 4.78 is 12.8. The van der Waals surface area contributed by atoms with Crippen LogP contribution in [0, 0.1) is 0 Å². The number of hydrogen-bond donors (Lipinski definition) is 0. The van der Waals surface area contributed by atoms with Crippen molar-refractivity contribution in [2.45, 2.75) is 0 Å². The smallest absolute Gasteiger partial charge is 0.178 e. The largest absolute Gasteiger partial charge is 0.460 e. The maximum atomic E-state index is 6.67. The van der Waals surface area contributed by atoms with Crippen LogP contribution >= 0.6 is 0 Å². The molecule has 48 heavy (non-hydrogen) atoms. The van der Waals surface area contributed by atoms with E-state index in [1.807, 2.05) is 12.3 Å². The van der Waals surface area contributed by atoms with Crippen molar-refractivity contribution in [3.63, 3.8) is 0 Å². The van der Waals surface area contributed by atoms with Gasteiger partial charge in [-0.05, 0) is 84.8 Å². The number of furan rings is 2. The molecule has 10 rings (SSSR count). The molecule has 0 spiro atoms. The van der Waals surface area contributed by atoms with E-state index in [1.54, 1.807) is 0 Å². The molecule has 0 N–H and O–H groups in total. The van der Waals surface area contributed by atoms with Gasteiger partial charge in [-0.3, -0.25) is 0 Å². The molecule has 2 aromatic heterocycles. The highest BCUT2D eigenvalue weighted by molar-refractivity contribution is 6.23. The zero-order valence-electron chi connectivity index (χ0n) is 26.0. The fourth-order valence-electron chi connectivity index (χ4n) is 7.62. The number of hydrogen-bond acceptors (Lipinski definition) is 2. The first-order chi connectivity index (χ1) is 23.8. The van der Waals surface area contributed by atoms with E-state index in [9.17, 15) is 0 Å². The maximum Gasteiger partial charge on any atom is 0.178 e. The summed E-state index contributed by atoms with van der Waals surface area (Å²) in [6.45, 7) is 0. The van der Waals surface area contributed by atoms with Gasteiger partial charge >= 0.3 is 0 Å². The molecule has 0 aliphatic rings. The van der Waals surface area contributed by atoms with Crippen molar-refractivity contribution in [1.82, 2.24) is 0 Å². The second-order valence-electron chi connectivity index (χ2n) is 12.4. The summed E-state index contributed by atoms with van der Waals surface area (Å²) >= 11 is 0. The molecule has 224 valence electrons. The molecule has 0 aliphatic heterocycles. The monoisotopic (exact) mass is 612 g/mol. The first kappa shape index (κ1) is 26.8. The van der Waals surface area contributed by atoms with E-state index in [2.05, 4.69) is 158 Å². The molecule has 0 amide bonds. The van der Waals surface area contributed by atoms with Gasteiger partial charge in [-0.2, -0.15) is 0 Å². The Balaban J connectivity index is 1.21. The van der Waals surface area contributed by atoms with Crippen LogP contribution in [0.15, 0.2) is 179 Å². The average Bonchev–Trinajstić information content (AvgIpc) is 3.76. The van der Waals surface area contributed by atoms with Gasteiger partial charge in [0.2, 0.25) is 0 Å². The van der Waals surface area contributed by atoms with E-state index in [1.165, 1.54) is 49.4 Å². The third-order valence-corrected chi connectivity index (χ3v) is 9.77. The highest BCUT2D eigenvalue weighted by Crippen LogP contribution is 2.47. The molecule has 0 radical (unpaired) electrons. The van der Waals surface area contributed by atoms with Gasteiger partial charge in [0.25, 0.3) is 0 Å². The molecular weight excluding hydrogens is 585 g/mol. The highest BCUT2D eigenvalue weighted by Gasteiger charge is 2.21. The van der Waals surface area contributed by atoms with Crippen LogP contribution in [0.1, 0.15) is 0 Å². The summed E-state index contributed by atoms with van der Waals surface area (Å²) in [5.41, 5.74) is 11.9. The molecule has 2 nitrogen and oxygen atoms in total. The second kappa shape index (κ2) is 10.6. The number of fused-ring (bicyclic) bond motifs is 7. The van der Waals surface area contributed by atoms with Gasteiger partial charge in [-0.25, -0.2) is 0 Å². The molecule has 0 unspecified atom stereocenters. The summed E-state index contributed by atoms with van der Waals surface area (Å²) in [6, 6.07) is 58.4. The Morgan fingerprint density at radius 1 is 0.312 bits per heavy atom. The molecule has 2 heterocycles. The summed E-state index contributed by atoms with van der Waals surface area (Å²) in [5.74, 6) is 0. The Hall–Kier alpha value is -6.38. The van der Waals surface area contributed by atoms with E-state index in [0.717, 1.165) is 49.6 Å². The molecule has 8 aromatic carbocycles. The van der Waals surface area contributed by atoms with Crippen molar-refractivity contribution in [2.75, 3.05) is 0 Å². The number of rotatable bonds is 4. The van der Waals surface area contributed by atoms with Crippen molar-refractivity contribution in [1.29, 1.82) is 0 Å². The molecule has 2 heteroatoms. The zero-order valence-corrected chi connectivity index (χ0v) is 26.0. The van der Waals surface area contributed by atoms with Crippen LogP contribution < -0.4 is 0 Å². The summed E-state index contributed by atoms with van der Waals surface area (Å²) in [6.07, 6.45) is 1.84. The van der Waals surface area contributed by atoms with Gasteiger partial charge in [-0.15, -0.1) is 0 Å². The predicted octanol–water partition coefficient (Wildman–Crippen LogP) is 13.3. The quantitative estimate of drug-likeness (QED) is 0.185.